The number of nitrogens with one attached hydrogen (secondary N) is 1. The number of rotatable bonds is 6. The van der Waals surface area contributed by atoms with E-state index < -0.39 is 50.1 Å². The van der Waals surface area contributed by atoms with Crippen molar-refractivity contribution >= 4 is 39.7 Å². The van der Waals surface area contributed by atoms with Gasteiger partial charge in [0.15, 0.2) is 11.5 Å². The highest BCUT2D eigenvalue weighted by Crippen LogP contribution is 2.43. The second-order valence-electron chi connectivity index (χ2n) is 5.97. The van der Waals surface area contributed by atoms with Crippen LogP contribution in [0.15, 0.2) is 41.8 Å². The highest BCUT2D eigenvalue weighted by Gasteiger charge is 2.50. The van der Waals surface area contributed by atoms with Crippen LogP contribution in [0.25, 0.3) is 0 Å². The summed E-state index contributed by atoms with van der Waals surface area (Å²) in [5.74, 6) is -2.87. The lowest BCUT2D eigenvalue weighted by Gasteiger charge is -2.45. The van der Waals surface area contributed by atoms with Gasteiger partial charge < -0.3 is 14.6 Å². The molecule has 0 saturated carbocycles. The van der Waals surface area contributed by atoms with E-state index in [2.05, 4.69) is 5.32 Å². The summed E-state index contributed by atoms with van der Waals surface area (Å²) >= 11 is 1.06. The Kier molecular flexibility index (Phi) is 5.16. The summed E-state index contributed by atoms with van der Waals surface area (Å²) in [5.41, 5.74) is 0.176. The molecule has 0 aliphatic carbocycles. The van der Waals surface area contributed by atoms with E-state index in [1.54, 1.807) is 30.3 Å². The van der Waals surface area contributed by atoms with Gasteiger partial charge in [0.05, 0.1) is 24.5 Å². The smallest absolute Gasteiger partial charge is 0.356 e. The summed E-state index contributed by atoms with van der Waals surface area (Å²) in [7, 11) is -4.08. The lowest BCUT2D eigenvalue weighted by Crippen LogP contribution is -2.57. The Morgan fingerprint density at radius 3 is 2.56 bits per heavy atom. The van der Waals surface area contributed by atoms with Crippen molar-refractivity contribution in [2.45, 2.75) is 23.6 Å². The molecule has 1 fully saturated rings. The zero-order valence-electron chi connectivity index (χ0n) is 14.1. The molecule has 1 unspecified atom stereocenters. The molecule has 0 bridgehead atoms. The van der Waals surface area contributed by atoms with Gasteiger partial charge in [0.1, 0.15) is 5.37 Å². The van der Waals surface area contributed by atoms with Crippen LogP contribution >= 0.6 is 11.8 Å². The molecular weight excluding hydrogens is 396 g/mol. The number of aliphatic carboxylic acids is 1. The minimum absolute atomic E-state index is 0.0276. The predicted octanol–water partition coefficient (Wildman–Crippen LogP) is 0.249. The fourth-order valence-electron chi connectivity index (χ4n) is 2.76. The highest BCUT2D eigenvalue weighted by molar-refractivity contribution is 8.00. The Labute approximate surface area is 159 Å². The molecule has 0 spiro atoms. The van der Waals surface area contributed by atoms with Crippen LogP contribution in [0.5, 0.6) is 0 Å². The molecule has 2 heterocycles. The quantitative estimate of drug-likeness (QED) is 0.502. The fourth-order valence-corrected chi connectivity index (χ4v) is 4.70. The molecule has 3 rings (SSSR count). The summed E-state index contributed by atoms with van der Waals surface area (Å²) in [4.78, 5) is 36.8. The molecule has 2 aliphatic heterocycles. The maximum atomic E-state index is 12.4. The zero-order chi connectivity index (χ0) is 19.8. The predicted molar refractivity (Wildman–Crippen MR) is 95.5 cm³/mol. The van der Waals surface area contributed by atoms with Crippen LogP contribution in [0.4, 0.5) is 0 Å². The molecule has 0 aromatic heterocycles. The number of carbonyl (C=O) groups is 3. The van der Waals surface area contributed by atoms with E-state index in [1.165, 1.54) is 0 Å². The monoisotopic (exact) mass is 412 g/mol. The maximum Gasteiger partial charge on any atom is 0.356 e. The third-order valence-corrected chi connectivity index (χ3v) is 5.63. The van der Waals surface area contributed by atoms with Crippen molar-refractivity contribution in [1.82, 2.24) is 10.2 Å². The van der Waals surface area contributed by atoms with Crippen molar-refractivity contribution < 1.29 is 32.1 Å². The van der Waals surface area contributed by atoms with Gasteiger partial charge in [-0.05, 0) is 5.56 Å². The summed E-state index contributed by atoms with van der Waals surface area (Å²) in [6.45, 7) is 0. The van der Waals surface area contributed by atoms with E-state index in [-0.39, 0.29) is 12.8 Å². The highest BCUT2D eigenvalue weighted by atomic mass is 32.2. The van der Waals surface area contributed by atoms with Crippen LogP contribution in [-0.4, -0.2) is 53.2 Å². The van der Waals surface area contributed by atoms with Crippen LogP contribution < -0.4 is 5.32 Å². The number of hydrogen-bond acceptors (Lipinski definition) is 7. The van der Waals surface area contributed by atoms with E-state index in [0.29, 0.717) is 0 Å². The van der Waals surface area contributed by atoms with Crippen molar-refractivity contribution in [3.8, 4) is 0 Å². The Morgan fingerprint density at radius 2 is 2.00 bits per heavy atom. The van der Waals surface area contributed by atoms with Crippen molar-refractivity contribution in [2.75, 3.05) is 6.26 Å². The first-order valence-corrected chi connectivity index (χ1v) is 10.6. The van der Waals surface area contributed by atoms with Gasteiger partial charge in [-0.1, -0.05) is 30.3 Å². The number of benzene rings is 1. The van der Waals surface area contributed by atoms with Gasteiger partial charge in [0.2, 0.25) is 11.8 Å². The van der Waals surface area contributed by atoms with Gasteiger partial charge in [-0.15, -0.1) is 11.8 Å². The Bertz CT molecular complexity index is 927. The summed E-state index contributed by atoms with van der Waals surface area (Å²) in [5, 5.41) is 10.5. The maximum absolute atomic E-state index is 12.4. The van der Waals surface area contributed by atoms with Crippen LogP contribution in [0.3, 0.4) is 0 Å². The number of carboxylic acid groups (broad SMARTS) is 1. The van der Waals surface area contributed by atoms with E-state index in [9.17, 15) is 27.9 Å². The van der Waals surface area contributed by atoms with Gasteiger partial charge in [-0.3, -0.25) is 14.5 Å². The van der Waals surface area contributed by atoms with E-state index in [0.717, 1.165) is 28.5 Å². The molecule has 27 heavy (non-hydrogen) atoms. The van der Waals surface area contributed by atoms with Crippen molar-refractivity contribution in [3.63, 3.8) is 0 Å². The molecule has 1 aromatic rings. The van der Waals surface area contributed by atoms with Gasteiger partial charge in [-0.25, -0.2) is 4.79 Å². The Hall–Kier alpha value is -2.53. The van der Waals surface area contributed by atoms with Gasteiger partial charge >= 0.3 is 16.1 Å². The average Bonchev–Trinajstić information content (AvgIpc) is 2.55. The lowest BCUT2D eigenvalue weighted by atomic mass is 10.1. The topological polar surface area (TPSA) is 130 Å². The standard InChI is InChI=1S/C16H16N2O7S2/c1-27(23,24)25-14-13(16(21)22)18-11(20)8-12(18)26-15(14)17-10(19)7-9-5-3-2-4-6-9/h2-6,12,15H,7-8H2,1H3,(H,17,19)(H,21,22)/t12-,15?/m1/s1. The Balaban J connectivity index is 1.89. The molecule has 2 amide bonds. The molecule has 2 N–H and O–H groups in total. The van der Waals surface area contributed by atoms with Crippen LogP contribution in [0.1, 0.15) is 12.0 Å². The fraction of sp³-hybridized carbons (Fsp3) is 0.312. The van der Waals surface area contributed by atoms with Gasteiger partial charge in [-0.2, -0.15) is 8.42 Å². The largest absolute Gasteiger partial charge is 0.476 e. The van der Waals surface area contributed by atoms with E-state index in [4.69, 9.17) is 4.18 Å². The number of carbonyl (C=O) groups excluding carboxylic acids is 2. The summed E-state index contributed by atoms with van der Waals surface area (Å²) in [6, 6.07) is 8.87. The van der Waals surface area contributed by atoms with E-state index in [1.807, 2.05) is 0 Å². The second kappa shape index (κ2) is 7.24. The first-order chi connectivity index (χ1) is 12.7. The number of carboxylic acids is 1. The molecule has 0 radical (unpaired) electrons. The summed E-state index contributed by atoms with van der Waals surface area (Å²) in [6.07, 6.45) is 0.884. The molecule has 11 heteroatoms. The number of amides is 2. The third kappa shape index (κ3) is 4.25. The number of thioether (sulfide) groups is 1. The van der Waals surface area contributed by atoms with Gasteiger partial charge in [0, 0.05) is 0 Å². The first-order valence-electron chi connectivity index (χ1n) is 7.83. The lowest BCUT2D eigenvalue weighted by molar-refractivity contribution is -0.146. The molecule has 144 valence electrons. The van der Waals surface area contributed by atoms with Gasteiger partial charge in [0.25, 0.3) is 0 Å². The minimum Gasteiger partial charge on any atom is -0.476 e. The molecule has 2 aliphatic rings. The van der Waals surface area contributed by atoms with Crippen LogP contribution in [0.2, 0.25) is 0 Å². The molecule has 2 atom stereocenters. The van der Waals surface area contributed by atoms with Crippen molar-refractivity contribution in [3.05, 3.63) is 47.4 Å². The average molecular weight is 412 g/mol. The van der Waals surface area contributed by atoms with Crippen LogP contribution in [-0.2, 0) is 35.1 Å². The molecular formula is C16H16N2O7S2. The van der Waals surface area contributed by atoms with Crippen LogP contribution in [0, 0.1) is 0 Å². The number of nitrogens with zero attached hydrogens (tertiary/aromatic N) is 1. The zero-order valence-corrected chi connectivity index (χ0v) is 15.7. The molecule has 1 saturated heterocycles. The van der Waals surface area contributed by atoms with E-state index >= 15 is 0 Å². The van der Waals surface area contributed by atoms with Crippen molar-refractivity contribution in [1.29, 1.82) is 0 Å². The summed E-state index contributed by atoms with van der Waals surface area (Å²) < 4.78 is 28.1. The molecule has 1 aromatic carbocycles. The van der Waals surface area contributed by atoms with Crippen molar-refractivity contribution in [2.24, 2.45) is 0 Å². The second-order valence-corrected chi connectivity index (χ2v) is 8.84. The third-order valence-electron chi connectivity index (χ3n) is 3.85. The normalized spacial score (nSPS) is 22.0. The Morgan fingerprint density at radius 1 is 1.33 bits per heavy atom. The SMILES string of the molecule is CS(=O)(=O)OC1=C(C(=O)O)N2C(=O)C[C@H]2SC1NC(=O)Cc1ccccc1. The molecule has 9 nitrogen and oxygen atoms in total. The first kappa shape index (κ1) is 19.2. The minimum atomic E-state index is -4.08. The number of fused-ring (bicyclic) bond motifs is 1. The number of β-lactam (4-membered cyclic amide) rings is 1. The number of hydrogen-bond donors (Lipinski definition) is 2.